The Morgan fingerprint density at radius 1 is 1.06 bits per heavy atom. The fourth-order valence-electron chi connectivity index (χ4n) is 4.10. The lowest BCUT2D eigenvalue weighted by Gasteiger charge is -2.36. The molecule has 1 aliphatic heterocycles. The minimum absolute atomic E-state index is 0.00258. The van der Waals surface area contributed by atoms with Gasteiger partial charge < -0.3 is 19.9 Å². The summed E-state index contributed by atoms with van der Waals surface area (Å²) in [5.74, 6) is -1.51. The number of anilines is 1. The average Bonchev–Trinajstić information content (AvgIpc) is 2.80. The van der Waals surface area contributed by atoms with Gasteiger partial charge in [0.15, 0.2) is 0 Å². The first-order valence-corrected chi connectivity index (χ1v) is 10.5. The number of halogens is 1. The minimum Gasteiger partial charge on any atom is -0.478 e. The van der Waals surface area contributed by atoms with E-state index in [4.69, 9.17) is 5.11 Å². The number of hydrogen-bond donors (Lipinski definition) is 2. The van der Waals surface area contributed by atoms with Gasteiger partial charge in [-0.15, -0.1) is 0 Å². The van der Waals surface area contributed by atoms with Crippen molar-refractivity contribution in [2.24, 2.45) is 0 Å². The number of benzene rings is 2. The molecule has 1 aromatic heterocycles. The molecule has 0 radical (unpaired) electrons. The number of nitrogens with zero attached hydrogens (tertiary/aromatic N) is 2. The van der Waals surface area contributed by atoms with Crippen molar-refractivity contribution in [1.29, 1.82) is 0 Å². The standard InChI is InChI=1S/C24H24FN3O4/c1-15-2-8-20(25)22-19(15)14-17(26-23(22)30)5-9-21(29)28-12-10-27(11-13-28)18-6-3-16(4-7-18)24(31)32/h2-4,6-8,14H,5,9-13H2,1H3,(H,26,30)(H,31,32). The summed E-state index contributed by atoms with van der Waals surface area (Å²) in [6.45, 7) is 4.27. The molecule has 3 aromatic rings. The van der Waals surface area contributed by atoms with Gasteiger partial charge in [-0.05, 0) is 60.7 Å². The van der Waals surface area contributed by atoms with Gasteiger partial charge in [0.25, 0.3) is 5.56 Å². The number of aromatic nitrogens is 1. The fourth-order valence-corrected chi connectivity index (χ4v) is 4.10. The van der Waals surface area contributed by atoms with Crippen molar-refractivity contribution < 1.29 is 19.1 Å². The van der Waals surface area contributed by atoms with Gasteiger partial charge in [-0.25, -0.2) is 9.18 Å². The van der Waals surface area contributed by atoms with Crippen LogP contribution in [0, 0.1) is 12.7 Å². The first-order valence-electron chi connectivity index (χ1n) is 10.5. The highest BCUT2D eigenvalue weighted by molar-refractivity contribution is 5.88. The van der Waals surface area contributed by atoms with Crippen LogP contribution in [0.1, 0.15) is 28.0 Å². The second-order valence-electron chi connectivity index (χ2n) is 8.00. The number of carboxylic acids is 1. The highest BCUT2D eigenvalue weighted by Crippen LogP contribution is 2.20. The normalized spacial score (nSPS) is 14.1. The molecule has 4 rings (SSSR count). The number of nitrogens with one attached hydrogen (secondary N) is 1. The van der Waals surface area contributed by atoms with Crippen molar-refractivity contribution in [3.05, 3.63) is 75.5 Å². The maximum absolute atomic E-state index is 14.0. The molecule has 0 bridgehead atoms. The molecule has 0 aliphatic carbocycles. The van der Waals surface area contributed by atoms with E-state index in [9.17, 15) is 18.8 Å². The molecule has 2 heterocycles. The van der Waals surface area contributed by atoms with Gasteiger partial charge in [0, 0.05) is 44.0 Å². The summed E-state index contributed by atoms with van der Waals surface area (Å²) in [6.07, 6.45) is 0.625. The zero-order valence-corrected chi connectivity index (χ0v) is 17.7. The van der Waals surface area contributed by atoms with Crippen LogP contribution in [0.4, 0.5) is 10.1 Å². The van der Waals surface area contributed by atoms with E-state index in [1.807, 2.05) is 6.92 Å². The maximum atomic E-state index is 14.0. The summed E-state index contributed by atoms with van der Waals surface area (Å²) in [4.78, 5) is 42.6. The van der Waals surface area contributed by atoms with Crippen molar-refractivity contribution in [3.8, 4) is 0 Å². The molecule has 7 nitrogen and oxygen atoms in total. The second kappa shape index (κ2) is 8.82. The van der Waals surface area contributed by atoms with E-state index in [0.717, 1.165) is 11.3 Å². The van der Waals surface area contributed by atoms with Crippen molar-refractivity contribution in [3.63, 3.8) is 0 Å². The van der Waals surface area contributed by atoms with Gasteiger partial charge in [-0.2, -0.15) is 0 Å². The topological polar surface area (TPSA) is 93.7 Å². The van der Waals surface area contributed by atoms with Crippen LogP contribution in [0.25, 0.3) is 10.8 Å². The molecule has 2 N–H and O–H groups in total. The fraction of sp³-hybridized carbons (Fsp3) is 0.292. The maximum Gasteiger partial charge on any atom is 0.335 e. The van der Waals surface area contributed by atoms with Gasteiger partial charge in [-0.1, -0.05) is 6.07 Å². The van der Waals surface area contributed by atoms with Crippen LogP contribution in [0.2, 0.25) is 0 Å². The molecule has 1 aliphatic rings. The molecule has 0 atom stereocenters. The Kier molecular flexibility index (Phi) is 5.94. The predicted molar refractivity (Wildman–Crippen MR) is 120 cm³/mol. The summed E-state index contributed by atoms with van der Waals surface area (Å²) in [7, 11) is 0. The molecular formula is C24H24FN3O4. The van der Waals surface area contributed by atoms with Crippen LogP contribution >= 0.6 is 0 Å². The number of pyridine rings is 1. The number of fused-ring (bicyclic) bond motifs is 1. The molecule has 2 aromatic carbocycles. The van der Waals surface area contributed by atoms with Gasteiger partial charge >= 0.3 is 5.97 Å². The van der Waals surface area contributed by atoms with Crippen LogP contribution < -0.4 is 10.5 Å². The quantitative estimate of drug-likeness (QED) is 0.640. The molecule has 1 amide bonds. The summed E-state index contributed by atoms with van der Waals surface area (Å²) < 4.78 is 14.0. The van der Waals surface area contributed by atoms with E-state index in [-0.39, 0.29) is 23.3 Å². The van der Waals surface area contributed by atoms with E-state index >= 15 is 0 Å². The zero-order valence-electron chi connectivity index (χ0n) is 17.7. The van der Waals surface area contributed by atoms with Gasteiger partial charge in [0.1, 0.15) is 5.82 Å². The molecule has 8 heteroatoms. The average molecular weight is 437 g/mol. The Morgan fingerprint density at radius 3 is 2.41 bits per heavy atom. The van der Waals surface area contributed by atoms with Crippen molar-refractivity contribution in [1.82, 2.24) is 9.88 Å². The Hall–Kier alpha value is -3.68. The van der Waals surface area contributed by atoms with Gasteiger partial charge in [-0.3, -0.25) is 9.59 Å². The number of carbonyl (C=O) groups is 2. The van der Waals surface area contributed by atoms with Crippen LogP contribution in [0.3, 0.4) is 0 Å². The van der Waals surface area contributed by atoms with Gasteiger partial charge in [0.2, 0.25) is 5.91 Å². The zero-order chi connectivity index (χ0) is 22.8. The molecule has 166 valence electrons. The highest BCUT2D eigenvalue weighted by Gasteiger charge is 2.21. The molecule has 0 spiro atoms. The third-order valence-electron chi connectivity index (χ3n) is 5.95. The number of aryl methyl sites for hydroxylation is 2. The first-order chi connectivity index (χ1) is 15.3. The van der Waals surface area contributed by atoms with Crippen molar-refractivity contribution in [2.75, 3.05) is 31.1 Å². The lowest BCUT2D eigenvalue weighted by molar-refractivity contribution is -0.131. The molecule has 1 fully saturated rings. The van der Waals surface area contributed by atoms with Crippen LogP contribution in [-0.2, 0) is 11.2 Å². The van der Waals surface area contributed by atoms with E-state index < -0.39 is 17.3 Å². The third-order valence-corrected chi connectivity index (χ3v) is 5.95. The summed E-state index contributed by atoms with van der Waals surface area (Å²) in [6, 6.07) is 11.4. The van der Waals surface area contributed by atoms with Crippen LogP contribution in [0.15, 0.2) is 47.3 Å². The van der Waals surface area contributed by atoms with E-state index in [2.05, 4.69) is 9.88 Å². The number of carbonyl (C=O) groups excluding carboxylic acids is 1. The van der Waals surface area contributed by atoms with Crippen LogP contribution in [0.5, 0.6) is 0 Å². The third kappa shape index (κ3) is 4.34. The van der Waals surface area contributed by atoms with E-state index in [0.29, 0.717) is 43.7 Å². The smallest absolute Gasteiger partial charge is 0.335 e. The number of aromatic amines is 1. The summed E-state index contributed by atoms with van der Waals surface area (Å²) in [5, 5.41) is 9.63. The van der Waals surface area contributed by atoms with Crippen molar-refractivity contribution >= 4 is 28.3 Å². The molecule has 0 unspecified atom stereocenters. The SMILES string of the molecule is Cc1ccc(F)c2c(=O)[nH]c(CCC(=O)N3CCN(c4ccc(C(=O)O)cc4)CC3)cc12. The monoisotopic (exact) mass is 437 g/mol. The van der Waals surface area contributed by atoms with E-state index in [1.165, 1.54) is 6.07 Å². The Balaban J connectivity index is 1.36. The summed E-state index contributed by atoms with van der Waals surface area (Å²) in [5.41, 5.74) is 2.12. The minimum atomic E-state index is -0.958. The van der Waals surface area contributed by atoms with E-state index in [1.54, 1.807) is 41.3 Å². The Bertz CT molecular complexity index is 1230. The predicted octanol–water partition coefficient (Wildman–Crippen LogP) is 2.96. The number of rotatable bonds is 5. The number of carboxylic acid groups (broad SMARTS) is 1. The molecule has 1 saturated heterocycles. The highest BCUT2D eigenvalue weighted by atomic mass is 19.1. The second-order valence-corrected chi connectivity index (χ2v) is 8.00. The van der Waals surface area contributed by atoms with Gasteiger partial charge in [0.05, 0.1) is 10.9 Å². The summed E-state index contributed by atoms with van der Waals surface area (Å²) >= 11 is 0. The Morgan fingerprint density at radius 2 is 1.75 bits per heavy atom. The number of piperazine rings is 1. The number of hydrogen-bond acceptors (Lipinski definition) is 4. The van der Waals surface area contributed by atoms with Crippen LogP contribution in [-0.4, -0.2) is 53.0 Å². The number of amides is 1. The largest absolute Gasteiger partial charge is 0.478 e. The lowest BCUT2D eigenvalue weighted by Crippen LogP contribution is -2.48. The lowest BCUT2D eigenvalue weighted by atomic mass is 10.0. The molecule has 0 saturated carbocycles. The van der Waals surface area contributed by atoms with Crippen molar-refractivity contribution in [2.45, 2.75) is 19.8 Å². The number of H-pyrrole nitrogens is 1. The Labute approximate surface area is 184 Å². The molecule has 32 heavy (non-hydrogen) atoms. The first kappa shape index (κ1) is 21.5. The number of aromatic carboxylic acids is 1. The molecular weight excluding hydrogens is 413 g/mol.